The predicted octanol–water partition coefficient (Wildman–Crippen LogP) is 4.42. The Labute approximate surface area is 126 Å². The van der Waals surface area contributed by atoms with Crippen LogP contribution in [0.5, 0.6) is 5.75 Å². The lowest BCUT2D eigenvalue weighted by Gasteiger charge is -2.12. The van der Waals surface area contributed by atoms with Gasteiger partial charge >= 0.3 is 6.36 Å². The highest BCUT2D eigenvalue weighted by molar-refractivity contribution is 14.1. The fourth-order valence-corrected chi connectivity index (χ4v) is 2.20. The van der Waals surface area contributed by atoms with Crippen LogP contribution in [0.15, 0.2) is 48.5 Å². The highest BCUT2D eigenvalue weighted by Crippen LogP contribution is 2.28. The number of alkyl halides is 3. The summed E-state index contributed by atoms with van der Waals surface area (Å²) in [6.45, 7) is 0. The number of carbonyl (C=O) groups is 1. The molecule has 0 fully saturated rings. The molecule has 2 aromatic carbocycles. The van der Waals surface area contributed by atoms with Crippen molar-refractivity contribution in [2.24, 2.45) is 0 Å². The number of ketones is 1. The Morgan fingerprint density at radius 3 is 2.40 bits per heavy atom. The first-order valence-corrected chi connectivity index (χ1v) is 6.60. The molecule has 2 rings (SSSR count). The van der Waals surface area contributed by atoms with Gasteiger partial charge in [0, 0.05) is 9.13 Å². The van der Waals surface area contributed by atoms with Gasteiger partial charge in [-0.3, -0.25) is 4.79 Å². The van der Waals surface area contributed by atoms with Crippen molar-refractivity contribution in [3.05, 3.63) is 63.2 Å². The molecule has 0 heterocycles. The number of ether oxygens (including phenoxy) is 1. The lowest BCUT2D eigenvalue weighted by atomic mass is 10.0. The maximum absolute atomic E-state index is 12.3. The van der Waals surface area contributed by atoms with Crippen LogP contribution in [0.4, 0.5) is 13.2 Å². The van der Waals surface area contributed by atoms with Gasteiger partial charge in [-0.2, -0.15) is 0 Å². The summed E-state index contributed by atoms with van der Waals surface area (Å²) in [5, 5.41) is 0. The first kappa shape index (κ1) is 14.8. The number of hydrogen-bond acceptors (Lipinski definition) is 2. The molecule has 0 bridgehead atoms. The smallest absolute Gasteiger partial charge is 0.405 e. The van der Waals surface area contributed by atoms with Crippen LogP contribution in [0.3, 0.4) is 0 Å². The van der Waals surface area contributed by atoms with Crippen LogP contribution in [-0.4, -0.2) is 12.1 Å². The molecule has 0 aliphatic heterocycles. The third-order valence-electron chi connectivity index (χ3n) is 2.44. The molecule has 20 heavy (non-hydrogen) atoms. The van der Waals surface area contributed by atoms with E-state index in [1.165, 1.54) is 18.2 Å². The van der Waals surface area contributed by atoms with Gasteiger partial charge in [-0.25, -0.2) is 0 Å². The Hall–Kier alpha value is -1.57. The average molecular weight is 392 g/mol. The van der Waals surface area contributed by atoms with Crippen molar-refractivity contribution in [2.75, 3.05) is 0 Å². The van der Waals surface area contributed by atoms with E-state index in [4.69, 9.17) is 0 Å². The summed E-state index contributed by atoms with van der Waals surface area (Å²) >= 11 is 2.03. The minimum atomic E-state index is -4.83. The first-order chi connectivity index (χ1) is 9.37. The predicted molar refractivity (Wildman–Crippen MR) is 75.7 cm³/mol. The van der Waals surface area contributed by atoms with Crippen LogP contribution in [-0.2, 0) is 0 Å². The first-order valence-electron chi connectivity index (χ1n) is 5.52. The van der Waals surface area contributed by atoms with Crippen molar-refractivity contribution >= 4 is 28.4 Å². The maximum Gasteiger partial charge on any atom is 0.573 e. The Bertz CT molecular complexity index is 638. The molecular formula is C14H8F3IO2. The SMILES string of the molecule is O=C(c1cccc(I)c1)c1ccccc1OC(F)(F)F. The van der Waals surface area contributed by atoms with E-state index in [-0.39, 0.29) is 5.56 Å². The Morgan fingerprint density at radius 2 is 1.75 bits per heavy atom. The standard InChI is InChI=1S/C14H8F3IO2/c15-14(16,17)20-12-7-2-1-6-11(12)13(19)9-4-3-5-10(18)8-9/h1-8H. The fraction of sp³-hybridized carbons (Fsp3) is 0.0714. The van der Waals surface area contributed by atoms with Crippen LogP contribution in [0.2, 0.25) is 0 Å². The van der Waals surface area contributed by atoms with Gasteiger partial charge in [0.25, 0.3) is 0 Å². The second-order valence-corrected chi connectivity index (χ2v) is 5.13. The number of para-hydroxylation sites is 1. The van der Waals surface area contributed by atoms with Gasteiger partial charge in [0.15, 0.2) is 5.78 Å². The molecule has 0 saturated carbocycles. The minimum absolute atomic E-state index is 0.119. The lowest BCUT2D eigenvalue weighted by molar-refractivity contribution is -0.274. The molecule has 0 amide bonds. The summed E-state index contributed by atoms with van der Waals surface area (Å²) in [5.74, 6) is -1.01. The summed E-state index contributed by atoms with van der Waals surface area (Å²) in [6.07, 6.45) is -4.83. The molecule has 0 unspecified atom stereocenters. The van der Waals surface area contributed by atoms with E-state index in [0.717, 1.165) is 9.64 Å². The fourth-order valence-electron chi connectivity index (χ4n) is 1.65. The zero-order valence-electron chi connectivity index (χ0n) is 9.95. The van der Waals surface area contributed by atoms with Crippen molar-refractivity contribution in [3.8, 4) is 5.75 Å². The molecule has 0 radical (unpaired) electrons. The zero-order valence-corrected chi connectivity index (χ0v) is 12.1. The summed E-state index contributed by atoms with van der Waals surface area (Å²) in [7, 11) is 0. The lowest BCUT2D eigenvalue weighted by Crippen LogP contribution is -2.19. The molecular weight excluding hydrogens is 384 g/mol. The van der Waals surface area contributed by atoms with Gasteiger partial charge in [0.1, 0.15) is 5.75 Å². The highest BCUT2D eigenvalue weighted by Gasteiger charge is 2.32. The van der Waals surface area contributed by atoms with E-state index in [1.807, 2.05) is 22.6 Å². The summed E-state index contributed by atoms with van der Waals surface area (Å²) in [5.41, 5.74) is 0.196. The van der Waals surface area contributed by atoms with Gasteiger partial charge in [-0.05, 0) is 46.9 Å². The Balaban J connectivity index is 2.40. The van der Waals surface area contributed by atoms with Gasteiger partial charge in [-0.15, -0.1) is 13.2 Å². The molecule has 0 aromatic heterocycles. The number of hydrogen-bond donors (Lipinski definition) is 0. The van der Waals surface area contributed by atoms with E-state index in [2.05, 4.69) is 4.74 Å². The van der Waals surface area contributed by atoms with E-state index < -0.39 is 17.9 Å². The number of carbonyl (C=O) groups excluding carboxylic acids is 1. The van der Waals surface area contributed by atoms with Crippen molar-refractivity contribution in [3.63, 3.8) is 0 Å². The molecule has 0 spiro atoms. The maximum atomic E-state index is 12.3. The third kappa shape index (κ3) is 3.72. The zero-order chi connectivity index (χ0) is 14.8. The van der Waals surface area contributed by atoms with E-state index in [9.17, 15) is 18.0 Å². The van der Waals surface area contributed by atoms with Crippen LogP contribution in [0, 0.1) is 3.57 Å². The Morgan fingerprint density at radius 1 is 1.05 bits per heavy atom. The van der Waals surface area contributed by atoms with Crippen LogP contribution in [0.25, 0.3) is 0 Å². The van der Waals surface area contributed by atoms with Gasteiger partial charge in [0.2, 0.25) is 0 Å². The summed E-state index contributed by atoms with van der Waals surface area (Å²) < 4.78 is 41.7. The molecule has 2 nitrogen and oxygen atoms in total. The number of benzene rings is 2. The number of halogens is 4. The largest absolute Gasteiger partial charge is 0.573 e. The quantitative estimate of drug-likeness (QED) is 0.571. The Kier molecular flexibility index (Phi) is 4.32. The average Bonchev–Trinajstić information content (AvgIpc) is 2.37. The minimum Gasteiger partial charge on any atom is -0.405 e. The summed E-state index contributed by atoms with van der Waals surface area (Å²) in [6, 6.07) is 11.9. The molecule has 0 aliphatic rings. The van der Waals surface area contributed by atoms with E-state index in [0.29, 0.717) is 5.56 Å². The molecule has 6 heteroatoms. The summed E-state index contributed by atoms with van der Waals surface area (Å²) in [4.78, 5) is 12.3. The molecule has 0 aliphatic carbocycles. The molecule has 0 atom stereocenters. The topological polar surface area (TPSA) is 26.3 Å². The van der Waals surface area contributed by atoms with Crippen molar-refractivity contribution in [1.29, 1.82) is 0 Å². The monoisotopic (exact) mass is 392 g/mol. The van der Waals surface area contributed by atoms with Crippen molar-refractivity contribution in [2.45, 2.75) is 6.36 Å². The highest BCUT2D eigenvalue weighted by atomic mass is 127. The van der Waals surface area contributed by atoms with E-state index in [1.54, 1.807) is 24.3 Å². The molecule has 0 N–H and O–H groups in total. The van der Waals surface area contributed by atoms with Crippen molar-refractivity contribution in [1.82, 2.24) is 0 Å². The van der Waals surface area contributed by atoms with Gasteiger partial charge in [-0.1, -0.05) is 24.3 Å². The third-order valence-corrected chi connectivity index (χ3v) is 3.12. The normalized spacial score (nSPS) is 11.2. The van der Waals surface area contributed by atoms with Crippen LogP contribution >= 0.6 is 22.6 Å². The number of rotatable bonds is 3. The molecule has 2 aromatic rings. The van der Waals surface area contributed by atoms with Gasteiger partial charge < -0.3 is 4.74 Å². The van der Waals surface area contributed by atoms with Crippen LogP contribution < -0.4 is 4.74 Å². The molecule has 104 valence electrons. The van der Waals surface area contributed by atoms with Crippen molar-refractivity contribution < 1.29 is 22.7 Å². The second kappa shape index (κ2) is 5.82. The second-order valence-electron chi connectivity index (χ2n) is 3.88. The van der Waals surface area contributed by atoms with Crippen LogP contribution in [0.1, 0.15) is 15.9 Å². The van der Waals surface area contributed by atoms with Gasteiger partial charge in [0.05, 0.1) is 5.56 Å². The van der Waals surface area contributed by atoms with E-state index >= 15 is 0 Å². The molecule has 0 saturated heterocycles.